The van der Waals surface area contributed by atoms with E-state index in [1.54, 1.807) is 13.2 Å². The summed E-state index contributed by atoms with van der Waals surface area (Å²) in [6.07, 6.45) is 0.898. The van der Waals surface area contributed by atoms with E-state index in [4.69, 9.17) is 16.2 Å². The van der Waals surface area contributed by atoms with Crippen molar-refractivity contribution in [3.8, 4) is 0 Å². The normalized spacial score (nSPS) is 22.5. The summed E-state index contributed by atoms with van der Waals surface area (Å²) < 4.78 is 5.68. The summed E-state index contributed by atoms with van der Waals surface area (Å²) in [7, 11) is 1.74. The maximum atomic E-state index is 11.4. The van der Waals surface area contributed by atoms with Crippen LogP contribution in [-0.2, 0) is 16.6 Å². The Morgan fingerprint density at radius 2 is 2.14 bits per heavy atom. The summed E-state index contributed by atoms with van der Waals surface area (Å²) in [6, 6.07) is 5.84. The number of fused-ring (bicyclic) bond motifs is 1. The van der Waals surface area contributed by atoms with Crippen molar-refractivity contribution in [2.45, 2.75) is 37.8 Å². The van der Waals surface area contributed by atoms with Crippen molar-refractivity contribution >= 4 is 18.3 Å². The van der Waals surface area contributed by atoms with Crippen LogP contribution in [-0.4, -0.2) is 38.3 Å². The molecule has 5 nitrogen and oxygen atoms in total. The van der Waals surface area contributed by atoms with Crippen LogP contribution in [0.5, 0.6) is 0 Å². The highest BCUT2D eigenvalue weighted by molar-refractivity contribution is 5.93. The van der Waals surface area contributed by atoms with E-state index in [0.29, 0.717) is 12.1 Å². The van der Waals surface area contributed by atoms with Gasteiger partial charge in [0.2, 0.25) is 5.91 Å². The van der Waals surface area contributed by atoms with Crippen LogP contribution in [0.1, 0.15) is 35.3 Å². The lowest BCUT2D eigenvalue weighted by atomic mass is 9.67. The average Bonchev–Trinajstić information content (AvgIpc) is 2.45. The number of rotatable bonds is 5. The van der Waals surface area contributed by atoms with Crippen LogP contribution in [0.4, 0.5) is 0 Å². The zero-order valence-corrected chi connectivity index (χ0v) is 14.2. The van der Waals surface area contributed by atoms with Crippen LogP contribution in [0, 0.1) is 0 Å². The van der Waals surface area contributed by atoms with Crippen LogP contribution in [0.2, 0.25) is 0 Å². The summed E-state index contributed by atoms with van der Waals surface area (Å²) >= 11 is 0. The SMILES string of the molecule is CO[C@H]1Cc2ccc(C(N)=O)cc2C(C)(C)[C@@H]1NCCN.Cl. The van der Waals surface area contributed by atoms with Crippen LogP contribution in [0.15, 0.2) is 18.2 Å². The van der Waals surface area contributed by atoms with Crippen molar-refractivity contribution in [2.24, 2.45) is 11.5 Å². The summed E-state index contributed by atoms with van der Waals surface area (Å²) in [4.78, 5) is 11.4. The lowest BCUT2D eigenvalue weighted by molar-refractivity contribution is 0.0361. The molecule has 0 spiro atoms. The molecule has 0 aliphatic heterocycles. The smallest absolute Gasteiger partial charge is 0.248 e. The molecule has 0 heterocycles. The maximum absolute atomic E-state index is 11.4. The lowest BCUT2D eigenvalue weighted by Gasteiger charge is -2.45. The monoisotopic (exact) mass is 327 g/mol. The van der Waals surface area contributed by atoms with Crippen molar-refractivity contribution in [3.63, 3.8) is 0 Å². The van der Waals surface area contributed by atoms with E-state index < -0.39 is 5.91 Å². The zero-order valence-electron chi connectivity index (χ0n) is 13.4. The maximum Gasteiger partial charge on any atom is 0.248 e. The molecule has 0 fully saturated rings. The third kappa shape index (κ3) is 3.43. The molecule has 1 amide bonds. The van der Waals surface area contributed by atoms with Gasteiger partial charge >= 0.3 is 0 Å². The molecule has 5 N–H and O–H groups in total. The molecule has 2 atom stereocenters. The van der Waals surface area contributed by atoms with E-state index in [-0.39, 0.29) is 30.0 Å². The Kier molecular flexibility index (Phi) is 6.38. The number of benzene rings is 1. The Morgan fingerprint density at radius 1 is 1.45 bits per heavy atom. The molecule has 0 radical (unpaired) electrons. The number of nitrogens with two attached hydrogens (primary N) is 2. The van der Waals surface area contributed by atoms with Gasteiger partial charge in [-0.3, -0.25) is 4.79 Å². The summed E-state index contributed by atoms with van der Waals surface area (Å²) in [6.45, 7) is 5.64. The number of methoxy groups -OCH3 is 1. The molecule has 0 unspecified atom stereocenters. The van der Waals surface area contributed by atoms with Gasteiger partial charge in [0.25, 0.3) is 0 Å². The fraction of sp³-hybridized carbons (Fsp3) is 0.562. The topological polar surface area (TPSA) is 90.4 Å². The first-order chi connectivity index (χ1) is 9.91. The van der Waals surface area contributed by atoms with Crippen LogP contribution < -0.4 is 16.8 Å². The first-order valence-corrected chi connectivity index (χ1v) is 7.31. The van der Waals surface area contributed by atoms with Gasteiger partial charge in [0, 0.05) is 43.6 Å². The van der Waals surface area contributed by atoms with Gasteiger partial charge < -0.3 is 21.5 Å². The molecular weight excluding hydrogens is 302 g/mol. The highest BCUT2D eigenvalue weighted by atomic mass is 35.5. The number of amides is 1. The molecule has 1 aliphatic carbocycles. The van der Waals surface area contributed by atoms with Crippen molar-refractivity contribution in [1.29, 1.82) is 0 Å². The quantitative estimate of drug-likeness (QED) is 0.751. The van der Waals surface area contributed by atoms with Gasteiger partial charge in [0.15, 0.2) is 0 Å². The Hall–Kier alpha value is -1.14. The van der Waals surface area contributed by atoms with Crippen LogP contribution in [0.3, 0.4) is 0 Å². The Bertz CT molecular complexity index is 534. The minimum atomic E-state index is -0.395. The number of halogens is 1. The second-order valence-corrected chi connectivity index (χ2v) is 6.16. The molecule has 2 rings (SSSR count). The number of primary amides is 1. The van der Waals surface area contributed by atoms with E-state index in [1.807, 2.05) is 12.1 Å². The van der Waals surface area contributed by atoms with Gasteiger partial charge in [-0.2, -0.15) is 0 Å². The minimum Gasteiger partial charge on any atom is -0.379 e. The first-order valence-electron chi connectivity index (χ1n) is 7.31. The highest BCUT2D eigenvalue weighted by Crippen LogP contribution is 2.38. The molecule has 0 saturated heterocycles. The zero-order chi connectivity index (χ0) is 15.6. The van der Waals surface area contributed by atoms with Gasteiger partial charge in [-0.05, 0) is 23.3 Å². The Morgan fingerprint density at radius 3 is 2.68 bits per heavy atom. The summed E-state index contributed by atoms with van der Waals surface area (Å²) in [5, 5.41) is 3.49. The van der Waals surface area contributed by atoms with Crippen LogP contribution in [0.25, 0.3) is 0 Å². The molecule has 1 aliphatic rings. The molecule has 6 heteroatoms. The number of ether oxygens (including phenoxy) is 1. The largest absolute Gasteiger partial charge is 0.379 e. The number of carbonyl (C=O) groups is 1. The van der Waals surface area contributed by atoms with Crippen molar-refractivity contribution in [3.05, 3.63) is 34.9 Å². The predicted molar refractivity (Wildman–Crippen MR) is 90.6 cm³/mol. The third-order valence-electron chi connectivity index (χ3n) is 4.47. The Balaban J connectivity index is 0.00000242. The fourth-order valence-corrected chi connectivity index (χ4v) is 3.32. The molecule has 1 aromatic rings. The van der Waals surface area contributed by atoms with E-state index in [0.717, 1.165) is 18.5 Å². The van der Waals surface area contributed by atoms with E-state index >= 15 is 0 Å². The molecule has 1 aromatic carbocycles. The summed E-state index contributed by atoms with van der Waals surface area (Å²) in [5.41, 5.74) is 13.8. The van der Waals surface area contributed by atoms with Gasteiger partial charge in [-0.15, -0.1) is 12.4 Å². The van der Waals surface area contributed by atoms with Crippen molar-refractivity contribution in [1.82, 2.24) is 5.32 Å². The van der Waals surface area contributed by atoms with Crippen LogP contribution >= 0.6 is 12.4 Å². The lowest BCUT2D eigenvalue weighted by Crippen LogP contribution is -2.57. The molecule has 0 saturated carbocycles. The second kappa shape index (κ2) is 7.42. The predicted octanol–water partition coefficient (Wildman–Crippen LogP) is 0.973. The molecule has 0 aromatic heterocycles. The third-order valence-corrected chi connectivity index (χ3v) is 4.47. The minimum absolute atomic E-state index is 0. The van der Waals surface area contributed by atoms with Gasteiger partial charge in [-0.1, -0.05) is 19.9 Å². The number of carbonyl (C=O) groups excluding carboxylic acids is 1. The number of hydrogen-bond acceptors (Lipinski definition) is 4. The van der Waals surface area contributed by atoms with Crippen molar-refractivity contribution in [2.75, 3.05) is 20.2 Å². The standard InChI is InChI=1S/C16H25N3O2.ClH/c1-16(2)12-8-11(15(18)20)5-4-10(12)9-13(21-3)14(16)19-7-6-17;/h4-5,8,13-14,19H,6-7,9,17H2,1-3H3,(H2,18,20);1H/t13-,14+;/m0./s1. The van der Waals surface area contributed by atoms with Gasteiger partial charge in [0.1, 0.15) is 0 Å². The molecule has 0 bridgehead atoms. The number of hydrogen-bond donors (Lipinski definition) is 3. The Labute approximate surface area is 138 Å². The molecular formula is C16H26ClN3O2. The summed E-state index contributed by atoms with van der Waals surface area (Å²) in [5.74, 6) is -0.395. The van der Waals surface area contributed by atoms with E-state index in [1.165, 1.54) is 5.56 Å². The average molecular weight is 328 g/mol. The van der Waals surface area contributed by atoms with Crippen molar-refractivity contribution < 1.29 is 9.53 Å². The van der Waals surface area contributed by atoms with E-state index in [9.17, 15) is 4.79 Å². The second-order valence-electron chi connectivity index (χ2n) is 6.16. The first kappa shape index (κ1) is 18.9. The van der Waals surface area contributed by atoms with Gasteiger partial charge in [0.05, 0.1) is 6.10 Å². The van der Waals surface area contributed by atoms with E-state index in [2.05, 4.69) is 19.2 Å². The molecule has 22 heavy (non-hydrogen) atoms. The fourth-order valence-electron chi connectivity index (χ4n) is 3.32. The highest BCUT2D eigenvalue weighted by Gasteiger charge is 2.42. The molecule has 124 valence electrons. The number of nitrogens with one attached hydrogen (secondary N) is 1. The van der Waals surface area contributed by atoms with Gasteiger partial charge in [-0.25, -0.2) is 0 Å².